The molecule has 0 aliphatic carbocycles. The number of hydrogen-bond donors (Lipinski definition) is 0. The van der Waals surface area contributed by atoms with Gasteiger partial charge in [-0.15, -0.1) is 0 Å². The highest BCUT2D eigenvalue weighted by molar-refractivity contribution is 5.82. The Morgan fingerprint density at radius 2 is 1.65 bits per heavy atom. The first-order valence-corrected chi connectivity index (χ1v) is 7.92. The normalized spacial score (nSPS) is 17.7. The molecule has 0 N–H and O–H groups in total. The van der Waals surface area contributed by atoms with E-state index in [1.54, 1.807) is 6.92 Å². The average Bonchev–Trinajstić information content (AvgIpc) is 3.02. The summed E-state index contributed by atoms with van der Waals surface area (Å²) in [5, 5.41) is 0. The maximum absolute atomic E-state index is 11.7. The number of carbonyl (C=O) groups is 1. The number of allylic oxidation sites excluding steroid dienone is 1. The molecule has 0 bridgehead atoms. The minimum atomic E-state index is -0.541. The van der Waals surface area contributed by atoms with Gasteiger partial charge in [0.15, 0.2) is 5.60 Å². The van der Waals surface area contributed by atoms with Crippen LogP contribution in [-0.2, 0) is 19.9 Å². The Bertz CT molecular complexity index is 650. The van der Waals surface area contributed by atoms with Gasteiger partial charge in [-0.1, -0.05) is 60.7 Å². The molecule has 3 nitrogen and oxygen atoms in total. The predicted octanol–water partition coefficient (Wildman–Crippen LogP) is 4.19. The van der Waals surface area contributed by atoms with Gasteiger partial charge in [-0.25, -0.2) is 4.79 Å². The SMILES string of the molecule is CCOC(=O)/C=C1\CCC(c2ccccc2)(c2ccccc2)O1. The standard InChI is InChI=1S/C20H20O3/c1-2-22-19(21)15-18-13-14-20(23-18,16-9-5-3-6-10-16)17-11-7-4-8-12-17/h3-12,15H,2,13-14H2,1H3/b18-15+. The van der Waals surface area contributed by atoms with Crippen LogP contribution < -0.4 is 0 Å². The quantitative estimate of drug-likeness (QED) is 0.627. The molecule has 0 aromatic heterocycles. The summed E-state index contributed by atoms with van der Waals surface area (Å²) in [4.78, 5) is 11.7. The number of rotatable bonds is 4. The topological polar surface area (TPSA) is 35.5 Å². The molecule has 23 heavy (non-hydrogen) atoms. The molecule has 0 radical (unpaired) electrons. The lowest BCUT2D eigenvalue weighted by molar-refractivity contribution is -0.137. The number of ether oxygens (including phenoxy) is 2. The third kappa shape index (κ3) is 3.14. The van der Waals surface area contributed by atoms with Crippen molar-refractivity contribution >= 4 is 5.97 Å². The van der Waals surface area contributed by atoms with Crippen molar-refractivity contribution < 1.29 is 14.3 Å². The first-order valence-electron chi connectivity index (χ1n) is 7.92. The molecule has 1 aliphatic heterocycles. The van der Waals surface area contributed by atoms with E-state index < -0.39 is 5.60 Å². The molecule has 0 amide bonds. The summed E-state index contributed by atoms with van der Waals surface area (Å²) in [6, 6.07) is 20.3. The summed E-state index contributed by atoms with van der Waals surface area (Å²) in [7, 11) is 0. The van der Waals surface area contributed by atoms with Gasteiger partial charge in [0, 0.05) is 12.8 Å². The molecule has 3 heteroatoms. The fourth-order valence-electron chi connectivity index (χ4n) is 3.03. The molecule has 0 saturated carbocycles. The van der Waals surface area contributed by atoms with Gasteiger partial charge in [0.25, 0.3) is 0 Å². The van der Waals surface area contributed by atoms with Gasteiger partial charge in [0.2, 0.25) is 0 Å². The summed E-state index contributed by atoms with van der Waals surface area (Å²) in [6.07, 6.45) is 2.98. The van der Waals surface area contributed by atoms with E-state index in [1.165, 1.54) is 6.08 Å². The monoisotopic (exact) mass is 308 g/mol. The van der Waals surface area contributed by atoms with Crippen LogP contribution in [0.5, 0.6) is 0 Å². The van der Waals surface area contributed by atoms with Crippen LogP contribution in [0.3, 0.4) is 0 Å². The molecule has 1 fully saturated rings. The van der Waals surface area contributed by atoms with Gasteiger partial charge in [-0.2, -0.15) is 0 Å². The van der Waals surface area contributed by atoms with Gasteiger partial charge < -0.3 is 9.47 Å². The number of hydrogen-bond acceptors (Lipinski definition) is 3. The van der Waals surface area contributed by atoms with E-state index in [1.807, 2.05) is 36.4 Å². The second-order valence-electron chi connectivity index (χ2n) is 5.52. The van der Waals surface area contributed by atoms with Crippen molar-refractivity contribution in [3.63, 3.8) is 0 Å². The van der Waals surface area contributed by atoms with Crippen LogP contribution in [0.4, 0.5) is 0 Å². The van der Waals surface area contributed by atoms with Crippen molar-refractivity contribution in [2.24, 2.45) is 0 Å². The lowest BCUT2D eigenvalue weighted by Gasteiger charge is -2.30. The van der Waals surface area contributed by atoms with Crippen LogP contribution >= 0.6 is 0 Å². The Kier molecular flexibility index (Phi) is 4.47. The van der Waals surface area contributed by atoms with Crippen molar-refractivity contribution in [1.29, 1.82) is 0 Å². The van der Waals surface area contributed by atoms with E-state index in [2.05, 4.69) is 24.3 Å². The molecule has 0 spiro atoms. The zero-order valence-electron chi connectivity index (χ0n) is 13.2. The summed E-state index contributed by atoms with van der Waals surface area (Å²) >= 11 is 0. The molecule has 1 aliphatic rings. The summed E-state index contributed by atoms with van der Waals surface area (Å²) < 4.78 is 11.3. The van der Waals surface area contributed by atoms with Gasteiger partial charge in [-0.05, 0) is 18.1 Å². The van der Waals surface area contributed by atoms with E-state index in [-0.39, 0.29) is 5.97 Å². The van der Waals surface area contributed by atoms with E-state index in [0.29, 0.717) is 18.8 Å². The number of carbonyl (C=O) groups excluding carboxylic acids is 1. The highest BCUT2D eigenvalue weighted by Crippen LogP contribution is 2.46. The molecule has 3 rings (SSSR count). The van der Waals surface area contributed by atoms with Crippen LogP contribution in [0, 0.1) is 0 Å². The molecule has 2 aromatic carbocycles. The average molecular weight is 308 g/mol. The summed E-state index contributed by atoms with van der Waals surface area (Å²) in [6.45, 7) is 2.16. The van der Waals surface area contributed by atoms with E-state index in [4.69, 9.17) is 9.47 Å². The van der Waals surface area contributed by atoms with Gasteiger partial charge in [0.1, 0.15) is 5.76 Å². The third-order valence-corrected chi connectivity index (χ3v) is 4.07. The molecule has 1 heterocycles. The van der Waals surface area contributed by atoms with Gasteiger partial charge >= 0.3 is 5.97 Å². The van der Waals surface area contributed by atoms with Crippen LogP contribution in [-0.4, -0.2) is 12.6 Å². The van der Waals surface area contributed by atoms with Crippen LogP contribution in [0.25, 0.3) is 0 Å². The van der Waals surface area contributed by atoms with E-state index in [0.717, 1.165) is 17.5 Å². The fraction of sp³-hybridized carbons (Fsp3) is 0.250. The third-order valence-electron chi connectivity index (χ3n) is 4.07. The van der Waals surface area contributed by atoms with Gasteiger partial charge in [-0.3, -0.25) is 0 Å². The Balaban J connectivity index is 1.98. The van der Waals surface area contributed by atoms with Crippen molar-refractivity contribution in [2.75, 3.05) is 6.61 Å². The summed E-state index contributed by atoms with van der Waals surface area (Å²) in [5.74, 6) is 0.329. The molecule has 118 valence electrons. The maximum atomic E-state index is 11.7. The number of benzene rings is 2. The summed E-state index contributed by atoms with van der Waals surface area (Å²) in [5.41, 5.74) is 1.65. The maximum Gasteiger partial charge on any atom is 0.334 e. The molecular weight excluding hydrogens is 288 g/mol. The Labute approximate surface area is 136 Å². The van der Waals surface area contributed by atoms with E-state index >= 15 is 0 Å². The fourth-order valence-corrected chi connectivity index (χ4v) is 3.03. The first kappa shape index (κ1) is 15.3. The Hall–Kier alpha value is -2.55. The van der Waals surface area contributed by atoms with Crippen LogP contribution in [0.15, 0.2) is 72.5 Å². The smallest absolute Gasteiger partial charge is 0.334 e. The lowest BCUT2D eigenvalue weighted by Crippen LogP contribution is -2.26. The first-order chi connectivity index (χ1) is 11.2. The van der Waals surface area contributed by atoms with Crippen molar-refractivity contribution in [3.8, 4) is 0 Å². The molecule has 0 unspecified atom stereocenters. The lowest BCUT2D eigenvalue weighted by atomic mass is 9.84. The van der Waals surface area contributed by atoms with Gasteiger partial charge in [0.05, 0.1) is 12.7 Å². The van der Waals surface area contributed by atoms with E-state index in [9.17, 15) is 4.79 Å². The van der Waals surface area contributed by atoms with Crippen molar-refractivity contribution in [2.45, 2.75) is 25.4 Å². The Morgan fingerprint density at radius 1 is 1.09 bits per heavy atom. The largest absolute Gasteiger partial charge is 0.482 e. The second-order valence-corrected chi connectivity index (χ2v) is 5.52. The molecule has 2 aromatic rings. The zero-order chi connectivity index (χ0) is 16.1. The number of esters is 1. The van der Waals surface area contributed by atoms with Crippen molar-refractivity contribution in [3.05, 3.63) is 83.6 Å². The molecule has 1 saturated heterocycles. The molecule has 0 atom stereocenters. The van der Waals surface area contributed by atoms with Crippen molar-refractivity contribution in [1.82, 2.24) is 0 Å². The Morgan fingerprint density at radius 3 is 2.17 bits per heavy atom. The minimum Gasteiger partial charge on any atom is -0.482 e. The predicted molar refractivity (Wildman–Crippen MR) is 88.7 cm³/mol. The second kappa shape index (κ2) is 6.69. The van der Waals surface area contributed by atoms with Crippen LogP contribution in [0.2, 0.25) is 0 Å². The highest BCUT2D eigenvalue weighted by Gasteiger charge is 2.41. The van der Waals surface area contributed by atoms with Crippen LogP contribution in [0.1, 0.15) is 30.9 Å². The zero-order valence-corrected chi connectivity index (χ0v) is 13.2. The molecular formula is C20H20O3. The highest BCUT2D eigenvalue weighted by atomic mass is 16.5. The minimum absolute atomic E-state index is 0.348.